The fraction of sp³-hybridized carbons (Fsp3) is 0.522. The number of esters is 1. The SMILES string of the molecule is CN(C)C(=O)[C@H]1CSCc2ccccc2C(=O)OC[C@@H](NC(=O)[C@@H]2CCCN2C(=O)C(F)(F)F)C(=O)N1. The second kappa shape index (κ2) is 11.8. The van der Waals surface area contributed by atoms with Gasteiger partial charge in [-0.15, -0.1) is 0 Å². The molecule has 10 nitrogen and oxygen atoms in total. The normalized spacial score (nSPS) is 23.1. The van der Waals surface area contributed by atoms with Gasteiger partial charge in [0.2, 0.25) is 17.7 Å². The molecule has 3 atom stereocenters. The molecular formula is C23H27F3N4O6S. The summed E-state index contributed by atoms with van der Waals surface area (Å²) in [5.74, 6) is -4.64. The number of likely N-dealkylation sites (tertiary alicyclic amines) is 1. The van der Waals surface area contributed by atoms with Crippen LogP contribution < -0.4 is 10.6 Å². The highest BCUT2D eigenvalue weighted by molar-refractivity contribution is 7.98. The highest BCUT2D eigenvalue weighted by Gasteiger charge is 2.48. The molecule has 1 fully saturated rings. The molecule has 2 aliphatic heterocycles. The average molecular weight is 545 g/mol. The van der Waals surface area contributed by atoms with Crippen LogP contribution >= 0.6 is 11.8 Å². The van der Waals surface area contributed by atoms with Crippen molar-refractivity contribution < 1.29 is 41.9 Å². The van der Waals surface area contributed by atoms with Gasteiger partial charge in [-0.05, 0) is 24.5 Å². The molecule has 2 heterocycles. The highest BCUT2D eigenvalue weighted by atomic mass is 32.2. The van der Waals surface area contributed by atoms with E-state index in [1.54, 1.807) is 24.3 Å². The van der Waals surface area contributed by atoms with E-state index in [1.807, 2.05) is 0 Å². The first-order valence-electron chi connectivity index (χ1n) is 11.4. The fourth-order valence-electron chi connectivity index (χ4n) is 4.02. The van der Waals surface area contributed by atoms with E-state index >= 15 is 0 Å². The van der Waals surface area contributed by atoms with E-state index in [9.17, 15) is 37.1 Å². The van der Waals surface area contributed by atoms with E-state index in [4.69, 9.17) is 4.74 Å². The number of amides is 4. The van der Waals surface area contributed by atoms with Crippen molar-refractivity contribution in [3.8, 4) is 0 Å². The van der Waals surface area contributed by atoms with Gasteiger partial charge in [-0.1, -0.05) is 18.2 Å². The van der Waals surface area contributed by atoms with E-state index in [0.29, 0.717) is 16.2 Å². The predicted octanol–water partition coefficient (Wildman–Crippen LogP) is 0.701. The Kier molecular flexibility index (Phi) is 9.05. The number of benzene rings is 1. The van der Waals surface area contributed by atoms with Gasteiger partial charge in [-0.2, -0.15) is 24.9 Å². The van der Waals surface area contributed by atoms with E-state index in [0.717, 1.165) is 0 Å². The number of fused-ring (bicyclic) bond motifs is 1. The number of cyclic esters (lactones) is 1. The minimum Gasteiger partial charge on any atom is -0.459 e. The van der Waals surface area contributed by atoms with Gasteiger partial charge in [0.15, 0.2) is 0 Å². The van der Waals surface area contributed by atoms with Gasteiger partial charge < -0.3 is 25.2 Å². The first-order chi connectivity index (χ1) is 17.4. The summed E-state index contributed by atoms with van der Waals surface area (Å²) in [5, 5.41) is 4.85. The summed E-state index contributed by atoms with van der Waals surface area (Å²) in [7, 11) is 3.02. The van der Waals surface area contributed by atoms with E-state index in [2.05, 4.69) is 10.6 Å². The van der Waals surface area contributed by atoms with Crippen LogP contribution in [0.2, 0.25) is 0 Å². The van der Waals surface area contributed by atoms with E-state index in [-0.39, 0.29) is 30.7 Å². The maximum atomic E-state index is 13.1. The number of alkyl halides is 3. The zero-order valence-corrected chi connectivity index (χ0v) is 21.0. The number of nitrogens with zero attached hydrogens (tertiary/aromatic N) is 2. The average Bonchev–Trinajstić information content (AvgIpc) is 3.33. The molecule has 37 heavy (non-hydrogen) atoms. The Balaban J connectivity index is 1.85. The van der Waals surface area contributed by atoms with Crippen molar-refractivity contribution in [2.45, 2.75) is 42.9 Å². The molecule has 1 saturated heterocycles. The molecule has 0 aliphatic carbocycles. The summed E-state index contributed by atoms with van der Waals surface area (Å²) >= 11 is 1.30. The van der Waals surface area contributed by atoms with Gasteiger partial charge in [0.25, 0.3) is 0 Å². The molecule has 3 rings (SSSR count). The number of hydrogen-bond acceptors (Lipinski definition) is 7. The second-order valence-electron chi connectivity index (χ2n) is 8.78. The molecule has 1 aromatic carbocycles. The molecule has 0 spiro atoms. The number of nitrogens with one attached hydrogen (secondary N) is 2. The van der Waals surface area contributed by atoms with Crippen LogP contribution in [0.25, 0.3) is 0 Å². The van der Waals surface area contributed by atoms with Crippen molar-refractivity contribution in [1.82, 2.24) is 20.4 Å². The number of hydrogen-bond donors (Lipinski definition) is 2. The first kappa shape index (κ1) is 28.3. The number of halogens is 3. The molecule has 0 bridgehead atoms. The first-order valence-corrected chi connectivity index (χ1v) is 12.6. The molecule has 4 amide bonds. The molecule has 2 aliphatic rings. The fourth-order valence-corrected chi connectivity index (χ4v) is 5.07. The predicted molar refractivity (Wildman–Crippen MR) is 126 cm³/mol. The number of ether oxygens (including phenoxy) is 1. The summed E-state index contributed by atoms with van der Waals surface area (Å²) in [6.07, 6.45) is -5.03. The molecular weight excluding hydrogens is 517 g/mol. The van der Waals surface area contributed by atoms with Gasteiger partial charge in [-0.25, -0.2) is 4.79 Å². The van der Waals surface area contributed by atoms with E-state index < -0.39 is 60.5 Å². The van der Waals surface area contributed by atoms with Gasteiger partial charge in [0, 0.05) is 32.1 Å². The number of likely N-dealkylation sites (N-methyl/N-ethyl adjacent to an activating group) is 1. The van der Waals surface area contributed by atoms with Crippen LogP contribution in [0.3, 0.4) is 0 Å². The Morgan fingerprint density at radius 3 is 2.57 bits per heavy atom. The number of carbonyl (C=O) groups is 5. The van der Waals surface area contributed by atoms with Crippen molar-refractivity contribution in [2.24, 2.45) is 0 Å². The monoisotopic (exact) mass is 544 g/mol. The van der Waals surface area contributed by atoms with Gasteiger partial charge in [0.1, 0.15) is 24.7 Å². The van der Waals surface area contributed by atoms with Crippen LogP contribution in [0.4, 0.5) is 13.2 Å². The van der Waals surface area contributed by atoms with Gasteiger partial charge >= 0.3 is 18.1 Å². The van der Waals surface area contributed by atoms with Crippen molar-refractivity contribution >= 4 is 41.4 Å². The maximum Gasteiger partial charge on any atom is 0.471 e. The Morgan fingerprint density at radius 2 is 1.89 bits per heavy atom. The third-order valence-corrected chi connectivity index (χ3v) is 6.99. The third-order valence-electron chi connectivity index (χ3n) is 5.91. The summed E-state index contributed by atoms with van der Waals surface area (Å²) in [5.41, 5.74) is 0.891. The van der Waals surface area contributed by atoms with Crippen LogP contribution in [-0.2, 0) is 29.7 Å². The standard InChI is InChI=1S/C23H27F3N4O6S/c1-29(2)20(33)16-12-37-11-13-6-3-4-7-14(13)21(34)36-10-15(18(31)28-16)27-19(32)17-8-5-9-30(17)22(35)23(24,25)26/h3-4,6-7,15-17H,5,8-12H2,1-2H3,(H,27,32)(H,28,31)/t15-,16-,17+/m1/s1. The lowest BCUT2D eigenvalue weighted by atomic mass is 10.1. The van der Waals surface area contributed by atoms with Crippen LogP contribution in [0.5, 0.6) is 0 Å². The summed E-state index contributed by atoms with van der Waals surface area (Å²) in [4.78, 5) is 64.9. The maximum absolute atomic E-state index is 13.1. The number of thioether (sulfide) groups is 1. The minimum absolute atomic E-state index is 0.0342. The van der Waals surface area contributed by atoms with Gasteiger partial charge in [-0.3, -0.25) is 19.2 Å². The van der Waals surface area contributed by atoms with Crippen LogP contribution in [0.1, 0.15) is 28.8 Å². The Hall–Kier alpha value is -3.29. The Labute approximate surface area is 215 Å². The van der Waals surface area contributed by atoms with Crippen molar-refractivity contribution in [2.75, 3.05) is 33.0 Å². The lowest BCUT2D eigenvalue weighted by Crippen LogP contribution is -2.58. The summed E-state index contributed by atoms with van der Waals surface area (Å²) < 4.78 is 44.2. The lowest BCUT2D eigenvalue weighted by Gasteiger charge is -2.28. The second-order valence-corrected chi connectivity index (χ2v) is 9.81. The Morgan fingerprint density at radius 1 is 1.19 bits per heavy atom. The van der Waals surface area contributed by atoms with Crippen molar-refractivity contribution in [1.29, 1.82) is 0 Å². The van der Waals surface area contributed by atoms with Crippen molar-refractivity contribution in [3.63, 3.8) is 0 Å². The van der Waals surface area contributed by atoms with Crippen molar-refractivity contribution in [3.05, 3.63) is 35.4 Å². The number of carbonyl (C=O) groups excluding carboxylic acids is 5. The van der Waals surface area contributed by atoms with Crippen LogP contribution in [-0.4, -0.2) is 96.7 Å². The molecule has 0 aromatic heterocycles. The summed E-state index contributed by atoms with van der Waals surface area (Å²) in [6.45, 7) is -0.906. The quantitative estimate of drug-likeness (QED) is 0.537. The largest absolute Gasteiger partial charge is 0.471 e. The van der Waals surface area contributed by atoms with Gasteiger partial charge in [0.05, 0.1) is 5.56 Å². The molecule has 14 heteroatoms. The molecule has 0 unspecified atom stereocenters. The molecule has 0 saturated carbocycles. The zero-order chi connectivity index (χ0) is 27.3. The van der Waals surface area contributed by atoms with Crippen LogP contribution in [0.15, 0.2) is 24.3 Å². The molecule has 0 radical (unpaired) electrons. The van der Waals surface area contributed by atoms with E-state index in [1.165, 1.54) is 30.8 Å². The Bertz CT molecular complexity index is 1070. The molecule has 202 valence electrons. The van der Waals surface area contributed by atoms with Crippen LogP contribution in [0, 0.1) is 0 Å². The topological polar surface area (TPSA) is 125 Å². The zero-order valence-electron chi connectivity index (χ0n) is 20.2. The number of rotatable bonds is 3. The summed E-state index contributed by atoms with van der Waals surface area (Å²) in [6, 6.07) is 2.68. The molecule has 1 aromatic rings. The third kappa shape index (κ3) is 6.93. The lowest BCUT2D eigenvalue weighted by molar-refractivity contribution is -0.186. The highest BCUT2D eigenvalue weighted by Crippen LogP contribution is 2.26. The minimum atomic E-state index is -5.16. The smallest absolute Gasteiger partial charge is 0.459 e. The molecule has 2 N–H and O–H groups in total.